The third-order valence-electron chi connectivity index (χ3n) is 6.93. The van der Waals surface area contributed by atoms with Gasteiger partial charge in [0.2, 0.25) is 0 Å². The quantitative estimate of drug-likeness (QED) is 0.186. The van der Waals surface area contributed by atoms with Gasteiger partial charge in [0.1, 0.15) is 5.75 Å². The average molecular weight is 520 g/mol. The molecular weight excluding hydrogens is 482 g/mol. The van der Waals surface area contributed by atoms with Crippen molar-refractivity contribution in [1.82, 2.24) is 4.90 Å². The van der Waals surface area contributed by atoms with Gasteiger partial charge in [-0.25, -0.2) is 4.79 Å². The van der Waals surface area contributed by atoms with E-state index in [1.807, 2.05) is 12.1 Å². The SMILES string of the molecule is CC=C(c1ccccc1)N(CCCc1cccc(OCC(=O)O)c1)CCC(c1ccccc1)c1ccccc1. The molecule has 0 aliphatic rings. The number of hydrogen-bond acceptors (Lipinski definition) is 3. The molecule has 4 rings (SSSR count). The summed E-state index contributed by atoms with van der Waals surface area (Å²) < 4.78 is 5.38. The fraction of sp³-hybridized carbons (Fsp3) is 0.229. The van der Waals surface area contributed by atoms with Crippen molar-refractivity contribution in [3.63, 3.8) is 0 Å². The lowest BCUT2D eigenvalue weighted by Crippen LogP contribution is -2.26. The number of benzene rings is 4. The summed E-state index contributed by atoms with van der Waals surface area (Å²) in [5, 5.41) is 8.92. The predicted octanol–water partition coefficient (Wildman–Crippen LogP) is 7.67. The Balaban J connectivity index is 1.50. The number of aryl methyl sites for hydroxylation is 1. The number of hydrogen-bond donors (Lipinski definition) is 1. The Hall–Kier alpha value is -4.31. The third kappa shape index (κ3) is 8.34. The fourth-order valence-corrected chi connectivity index (χ4v) is 5.08. The molecule has 0 aliphatic carbocycles. The minimum absolute atomic E-state index is 0.312. The van der Waals surface area contributed by atoms with Gasteiger partial charge in [0.15, 0.2) is 6.61 Å². The Bertz CT molecular complexity index is 1280. The second-order valence-corrected chi connectivity index (χ2v) is 9.62. The van der Waals surface area contributed by atoms with Gasteiger partial charge in [-0.3, -0.25) is 0 Å². The minimum atomic E-state index is -0.972. The van der Waals surface area contributed by atoms with Crippen molar-refractivity contribution in [3.05, 3.63) is 144 Å². The minimum Gasteiger partial charge on any atom is -0.482 e. The highest BCUT2D eigenvalue weighted by atomic mass is 16.5. The number of carbonyl (C=O) groups is 1. The predicted molar refractivity (Wildman–Crippen MR) is 159 cm³/mol. The standard InChI is InChI=1S/C35H37NO3/c1-2-34(31-20-10-5-11-21-31)36(24-13-15-28-14-12-22-32(26-28)39-27-35(37)38)25-23-33(29-16-6-3-7-17-29)30-18-8-4-9-19-30/h2-12,14,16-22,26,33H,13,15,23-25,27H2,1H3,(H,37,38). The molecule has 1 N–H and O–H groups in total. The molecule has 0 radical (unpaired) electrons. The van der Waals surface area contributed by atoms with Gasteiger partial charge < -0.3 is 14.7 Å². The maximum Gasteiger partial charge on any atom is 0.341 e. The average Bonchev–Trinajstić information content (AvgIpc) is 2.98. The molecule has 0 saturated heterocycles. The van der Waals surface area contributed by atoms with Crippen molar-refractivity contribution in [2.24, 2.45) is 0 Å². The molecule has 200 valence electrons. The highest BCUT2D eigenvalue weighted by molar-refractivity contribution is 5.68. The van der Waals surface area contributed by atoms with Gasteiger partial charge in [-0.1, -0.05) is 109 Å². The van der Waals surface area contributed by atoms with Crippen LogP contribution >= 0.6 is 0 Å². The van der Waals surface area contributed by atoms with E-state index in [0.717, 1.165) is 37.9 Å². The third-order valence-corrected chi connectivity index (χ3v) is 6.93. The second-order valence-electron chi connectivity index (χ2n) is 9.62. The van der Waals surface area contributed by atoms with Crippen molar-refractivity contribution in [2.45, 2.75) is 32.1 Å². The summed E-state index contributed by atoms with van der Waals surface area (Å²) >= 11 is 0. The van der Waals surface area contributed by atoms with Crippen LogP contribution in [0, 0.1) is 0 Å². The topological polar surface area (TPSA) is 49.8 Å². The largest absolute Gasteiger partial charge is 0.482 e. The van der Waals surface area contributed by atoms with Crippen molar-refractivity contribution in [1.29, 1.82) is 0 Å². The van der Waals surface area contributed by atoms with E-state index in [-0.39, 0.29) is 6.61 Å². The molecule has 0 atom stereocenters. The first-order chi connectivity index (χ1) is 19.1. The zero-order valence-electron chi connectivity index (χ0n) is 22.6. The molecule has 0 saturated carbocycles. The molecule has 0 heterocycles. The number of aliphatic carboxylic acids is 1. The number of allylic oxidation sites excluding steroid dienone is 1. The van der Waals surface area contributed by atoms with Gasteiger partial charge in [0, 0.05) is 24.7 Å². The maximum absolute atomic E-state index is 10.9. The molecule has 0 aromatic heterocycles. The molecule has 4 aromatic carbocycles. The molecule has 0 spiro atoms. The molecule has 0 fully saturated rings. The van der Waals surface area contributed by atoms with Crippen molar-refractivity contribution >= 4 is 11.7 Å². The Morgan fingerprint density at radius 3 is 2.03 bits per heavy atom. The van der Waals surface area contributed by atoms with Crippen LogP contribution in [0.1, 0.15) is 47.9 Å². The zero-order chi connectivity index (χ0) is 27.3. The molecule has 39 heavy (non-hydrogen) atoms. The van der Waals surface area contributed by atoms with Crippen LogP contribution in [0.15, 0.2) is 121 Å². The first-order valence-electron chi connectivity index (χ1n) is 13.6. The second kappa shape index (κ2) is 14.6. The smallest absolute Gasteiger partial charge is 0.341 e. The number of carboxylic acid groups (broad SMARTS) is 1. The van der Waals surface area contributed by atoms with Gasteiger partial charge in [-0.2, -0.15) is 0 Å². The van der Waals surface area contributed by atoms with Crippen molar-refractivity contribution in [2.75, 3.05) is 19.7 Å². The van der Waals surface area contributed by atoms with E-state index in [1.165, 1.54) is 22.4 Å². The summed E-state index contributed by atoms with van der Waals surface area (Å²) in [4.78, 5) is 13.4. The van der Waals surface area contributed by atoms with Crippen LogP contribution in [0.4, 0.5) is 0 Å². The van der Waals surface area contributed by atoms with E-state index in [4.69, 9.17) is 9.84 Å². The molecule has 0 amide bonds. The summed E-state index contributed by atoms with van der Waals surface area (Å²) in [5.74, 6) is -0.0641. The van der Waals surface area contributed by atoms with E-state index >= 15 is 0 Å². The van der Waals surface area contributed by atoms with Crippen molar-refractivity contribution in [3.8, 4) is 5.75 Å². The zero-order valence-corrected chi connectivity index (χ0v) is 22.6. The van der Waals surface area contributed by atoms with Crippen LogP contribution in [0.5, 0.6) is 5.75 Å². The van der Waals surface area contributed by atoms with E-state index < -0.39 is 5.97 Å². The Morgan fingerprint density at radius 1 is 0.821 bits per heavy atom. The summed E-state index contributed by atoms with van der Waals surface area (Å²) in [6.07, 6.45) is 5.06. The summed E-state index contributed by atoms with van der Waals surface area (Å²) in [5.41, 5.74) is 6.28. The van der Waals surface area contributed by atoms with Gasteiger partial charge in [0.25, 0.3) is 0 Å². The molecule has 0 aliphatic heterocycles. The van der Waals surface area contributed by atoms with Gasteiger partial charge in [-0.05, 0) is 60.6 Å². The van der Waals surface area contributed by atoms with E-state index in [1.54, 1.807) is 6.07 Å². The Morgan fingerprint density at radius 2 is 1.44 bits per heavy atom. The maximum atomic E-state index is 10.9. The first kappa shape index (κ1) is 27.7. The fourth-order valence-electron chi connectivity index (χ4n) is 5.08. The molecular formula is C35H37NO3. The molecule has 0 unspecified atom stereocenters. The molecule has 4 heteroatoms. The lowest BCUT2D eigenvalue weighted by Gasteiger charge is -2.30. The Kier molecular flexibility index (Phi) is 10.4. The van der Waals surface area contributed by atoms with E-state index in [9.17, 15) is 4.79 Å². The molecule has 4 nitrogen and oxygen atoms in total. The summed E-state index contributed by atoms with van der Waals surface area (Å²) in [7, 11) is 0. The van der Waals surface area contributed by atoms with Crippen LogP contribution in [0.2, 0.25) is 0 Å². The Labute approximate surface area is 232 Å². The summed E-state index contributed by atoms with van der Waals surface area (Å²) in [6.45, 7) is 3.61. The van der Waals surface area contributed by atoms with Crippen LogP contribution in [-0.2, 0) is 11.2 Å². The van der Waals surface area contributed by atoms with Crippen LogP contribution in [0.3, 0.4) is 0 Å². The lowest BCUT2D eigenvalue weighted by atomic mass is 9.88. The normalized spacial score (nSPS) is 11.4. The number of nitrogens with zero attached hydrogens (tertiary/aromatic N) is 1. The molecule has 0 bridgehead atoms. The highest BCUT2D eigenvalue weighted by Crippen LogP contribution is 2.30. The van der Waals surface area contributed by atoms with Crippen LogP contribution in [0.25, 0.3) is 5.70 Å². The number of rotatable bonds is 14. The van der Waals surface area contributed by atoms with Gasteiger partial charge in [0.05, 0.1) is 0 Å². The lowest BCUT2D eigenvalue weighted by molar-refractivity contribution is -0.139. The first-order valence-corrected chi connectivity index (χ1v) is 13.6. The highest BCUT2D eigenvalue weighted by Gasteiger charge is 2.18. The van der Waals surface area contributed by atoms with Crippen molar-refractivity contribution < 1.29 is 14.6 Å². The molecule has 4 aromatic rings. The van der Waals surface area contributed by atoms with Crippen LogP contribution in [-0.4, -0.2) is 35.7 Å². The number of ether oxygens (including phenoxy) is 1. The van der Waals surface area contributed by atoms with Gasteiger partial charge >= 0.3 is 5.97 Å². The monoisotopic (exact) mass is 519 g/mol. The van der Waals surface area contributed by atoms with E-state index in [0.29, 0.717) is 11.7 Å². The van der Waals surface area contributed by atoms with Crippen LogP contribution < -0.4 is 4.74 Å². The number of carboxylic acids is 1. The summed E-state index contributed by atoms with van der Waals surface area (Å²) in [6, 6.07) is 39.9. The van der Waals surface area contributed by atoms with Gasteiger partial charge in [-0.15, -0.1) is 0 Å². The van der Waals surface area contributed by atoms with E-state index in [2.05, 4.69) is 115 Å².